The van der Waals surface area contributed by atoms with Crippen molar-refractivity contribution in [3.63, 3.8) is 0 Å². The quantitative estimate of drug-likeness (QED) is 0.503. The summed E-state index contributed by atoms with van der Waals surface area (Å²) >= 11 is 7.23. The molecule has 1 fully saturated rings. The second-order valence-corrected chi connectivity index (χ2v) is 8.72. The van der Waals surface area contributed by atoms with Crippen molar-refractivity contribution in [1.29, 1.82) is 0 Å². The molecule has 0 unspecified atom stereocenters. The molecule has 10 heteroatoms. The van der Waals surface area contributed by atoms with Crippen LogP contribution in [0, 0.1) is 5.92 Å². The van der Waals surface area contributed by atoms with Gasteiger partial charge in [0.05, 0.1) is 11.8 Å². The first-order chi connectivity index (χ1) is 15.0. The number of carbonyl (C=O) groups excluding carboxylic acids is 2. The van der Waals surface area contributed by atoms with E-state index in [1.807, 2.05) is 24.3 Å². The molecule has 2 N–H and O–H groups in total. The third kappa shape index (κ3) is 5.62. The molecule has 1 aliphatic rings. The topological polar surface area (TPSA) is 102 Å². The van der Waals surface area contributed by atoms with Crippen LogP contribution in [-0.2, 0) is 11.8 Å². The standard InChI is InChI=1S/C21H21ClN6O2S/c1-28-21(25-26-27-28)31-12-18(29)23-17-10-6-15(7-11-17)20(30)24-19(13-2-3-13)14-4-8-16(22)9-5-14/h4-11,13,19H,2-3,12H2,1H3,(H,23,29)(H,24,30)/t19-/m0/s1. The molecule has 1 saturated carbocycles. The summed E-state index contributed by atoms with van der Waals surface area (Å²) in [5.74, 6) is 0.308. The van der Waals surface area contributed by atoms with Crippen LogP contribution < -0.4 is 10.6 Å². The summed E-state index contributed by atoms with van der Waals surface area (Å²) in [6, 6.07) is 14.4. The van der Waals surface area contributed by atoms with Crippen molar-refractivity contribution in [3.8, 4) is 0 Å². The van der Waals surface area contributed by atoms with Crippen LogP contribution in [0.25, 0.3) is 0 Å². The molecule has 8 nitrogen and oxygen atoms in total. The summed E-state index contributed by atoms with van der Waals surface area (Å²) in [6.45, 7) is 0. The molecule has 31 heavy (non-hydrogen) atoms. The van der Waals surface area contributed by atoms with Crippen LogP contribution in [0.15, 0.2) is 53.7 Å². The first-order valence-corrected chi connectivity index (χ1v) is 11.2. The molecule has 4 rings (SSSR count). The van der Waals surface area contributed by atoms with Gasteiger partial charge in [0.15, 0.2) is 0 Å². The molecule has 0 saturated heterocycles. The molecule has 2 aromatic carbocycles. The number of thioether (sulfide) groups is 1. The summed E-state index contributed by atoms with van der Waals surface area (Å²) in [6.07, 6.45) is 2.20. The van der Waals surface area contributed by atoms with E-state index in [0.717, 1.165) is 18.4 Å². The lowest BCUT2D eigenvalue weighted by molar-refractivity contribution is -0.113. The van der Waals surface area contributed by atoms with E-state index in [2.05, 4.69) is 26.2 Å². The number of halogens is 1. The number of anilines is 1. The third-order valence-electron chi connectivity index (χ3n) is 4.95. The number of aryl methyl sites for hydroxylation is 1. The minimum absolute atomic E-state index is 0.0312. The summed E-state index contributed by atoms with van der Waals surface area (Å²) in [5, 5.41) is 18.3. The zero-order valence-corrected chi connectivity index (χ0v) is 18.4. The molecule has 0 bridgehead atoms. The Hall–Kier alpha value is -2.91. The molecule has 1 aromatic heterocycles. The fraction of sp³-hybridized carbons (Fsp3) is 0.286. The second kappa shape index (κ2) is 9.49. The van der Waals surface area contributed by atoms with Crippen molar-refractivity contribution < 1.29 is 9.59 Å². The van der Waals surface area contributed by atoms with E-state index in [1.165, 1.54) is 16.4 Å². The molecule has 1 aliphatic carbocycles. The molecule has 2 amide bonds. The highest BCUT2D eigenvalue weighted by Crippen LogP contribution is 2.41. The number of benzene rings is 2. The summed E-state index contributed by atoms with van der Waals surface area (Å²) in [7, 11) is 1.71. The molecule has 0 radical (unpaired) electrons. The van der Waals surface area contributed by atoms with Gasteiger partial charge < -0.3 is 10.6 Å². The average molecular weight is 457 g/mol. The number of amides is 2. The Morgan fingerprint density at radius 2 is 1.87 bits per heavy atom. The van der Waals surface area contributed by atoms with Crippen molar-refractivity contribution in [1.82, 2.24) is 25.5 Å². The highest BCUT2D eigenvalue weighted by Gasteiger charge is 2.33. The molecule has 160 valence electrons. The predicted octanol–water partition coefficient (Wildman–Crippen LogP) is 3.48. The van der Waals surface area contributed by atoms with E-state index >= 15 is 0 Å². The maximum absolute atomic E-state index is 12.8. The Kier molecular flexibility index (Phi) is 6.53. The van der Waals surface area contributed by atoms with Gasteiger partial charge in [0.2, 0.25) is 11.1 Å². The highest BCUT2D eigenvalue weighted by atomic mass is 35.5. The lowest BCUT2D eigenvalue weighted by atomic mass is 10.0. The Balaban J connectivity index is 1.33. The fourth-order valence-corrected chi connectivity index (χ4v) is 3.95. The molecule has 1 heterocycles. The van der Waals surface area contributed by atoms with Gasteiger partial charge in [0.25, 0.3) is 5.91 Å². The van der Waals surface area contributed by atoms with E-state index in [4.69, 9.17) is 11.6 Å². The van der Waals surface area contributed by atoms with E-state index in [0.29, 0.717) is 27.3 Å². The first-order valence-electron chi connectivity index (χ1n) is 9.81. The van der Waals surface area contributed by atoms with Crippen molar-refractivity contribution in [2.24, 2.45) is 13.0 Å². The van der Waals surface area contributed by atoms with Gasteiger partial charge in [-0.15, -0.1) is 5.10 Å². The van der Waals surface area contributed by atoms with Crippen molar-refractivity contribution in [2.45, 2.75) is 24.0 Å². The monoisotopic (exact) mass is 456 g/mol. The molecule has 0 spiro atoms. The Bertz CT molecular complexity index is 1070. The van der Waals surface area contributed by atoms with Gasteiger partial charge in [-0.25, -0.2) is 4.68 Å². The van der Waals surface area contributed by atoms with Crippen LogP contribution in [0.3, 0.4) is 0 Å². The van der Waals surface area contributed by atoms with Gasteiger partial charge in [-0.3, -0.25) is 9.59 Å². The maximum atomic E-state index is 12.8. The van der Waals surface area contributed by atoms with Crippen LogP contribution in [0.4, 0.5) is 5.69 Å². The fourth-order valence-electron chi connectivity index (χ4n) is 3.17. The van der Waals surface area contributed by atoms with Gasteiger partial charge in [0.1, 0.15) is 0 Å². The molecule has 3 aromatic rings. The number of rotatable bonds is 8. The van der Waals surface area contributed by atoms with Gasteiger partial charge in [0, 0.05) is 23.3 Å². The predicted molar refractivity (Wildman–Crippen MR) is 119 cm³/mol. The zero-order valence-electron chi connectivity index (χ0n) is 16.8. The highest BCUT2D eigenvalue weighted by molar-refractivity contribution is 7.99. The summed E-state index contributed by atoms with van der Waals surface area (Å²) < 4.78 is 1.50. The number of hydrogen-bond donors (Lipinski definition) is 2. The molecular weight excluding hydrogens is 436 g/mol. The minimum Gasteiger partial charge on any atom is -0.345 e. The third-order valence-corrected chi connectivity index (χ3v) is 6.22. The molecular formula is C21H21ClN6O2S. The van der Waals surface area contributed by atoms with E-state index in [1.54, 1.807) is 31.3 Å². The Labute approximate surface area is 188 Å². The van der Waals surface area contributed by atoms with Crippen LogP contribution in [0.2, 0.25) is 5.02 Å². The van der Waals surface area contributed by atoms with Gasteiger partial charge >= 0.3 is 0 Å². The van der Waals surface area contributed by atoms with E-state index < -0.39 is 0 Å². The van der Waals surface area contributed by atoms with Gasteiger partial charge in [-0.1, -0.05) is 35.5 Å². The zero-order chi connectivity index (χ0) is 21.8. The number of nitrogens with zero attached hydrogens (tertiary/aromatic N) is 4. The number of aromatic nitrogens is 4. The normalized spacial score (nSPS) is 14.1. The SMILES string of the molecule is Cn1nnnc1SCC(=O)Nc1ccc(C(=O)N[C@H](c2ccc(Cl)cc2)C2CC2)cc1. The molecule has 0 aliphatic heterocycles. The van der Waals surface area contributed by atoms with Crippen molar-refractivity contribution in [3.05, 3.63) is 64.7 Å². The first kappa shape index (κ1) is 21.3. The van der Waals surface area contributed by atoms with Crippen LogP contribution in [0.5, 0.6) is 0 Å². The minimum atomic E-state index is -0.179. The number of tetrazole rings is 1. The van der Waals surface area contributed by atoms with Gasteiger partial charge in [-0.2, -0.15) is 0 Å². The van der Waals surface area contributed by atoms with Crippen molar-refractivity contribution in [2.75, 3.05) is 11.1 Å². The largest absolute Gasteiger partial charge is 0.345 e. The smallest absolute Gasteiger partial charge is 0.251 e. The maximum Gasteiger partial charge on any atom is 0.251 e. The lowest BCUT2D eigenvalue weighted by Gasteiger charge is -2.19. The Morgan fingerprint density at radius 1 is 1.16 bits per heavy atom. The van der Waals surface area contributed by atoms with Crippen LogP contribution in [0.1, 0.15) is 34.8 Å². The second-order valence-electron chi connectivity index (χ2n) is 7.34. The van der Waals surface area contributed by atoms with E-state index in [-0.39, 0.29) is 23.6 Å². The number of carbonyl (C=O) groups is 2. The number of hydrogen-bond acceptors (Lipinski definition) is 6. The lowest BCUT2D eigenvalue weighted by Crippen LogP contribution is -2.29. The summed E-state index contributed by atoms with van der Waals surface area (Å²) in [4.78, 5) is 24.9. The number of nitrogens with one attached hydrogen (secondary N) is 2. The van der Waals surface area contributed by atoms with Gasteiger partial charge in [-0.05, 0) is 71.1 Å². The van der Waals surface area contributed by atoms with E-state index in [9.17, 15) is 9.59 Å². The molecule has 1 atom stereocenters. The Morgan fingerprint density at radius 3 is 2.48 bits per heavy atom. The van der Waals surface area contributed by atoms with Crippen LogP contribution >= 0.6 is 23.4 Å². The summed E-state index contributed by atoms with van der Waals surface area (Å²) in [5.41, 5.74) is 2.21. The average Bonchev–Trinajstić information content (AvgIpc) is 3.53. The van der Waals surface area contributed by atoms with Crippen LogP contribution in [-0.4, -0.2) is 37.8 Å². The van der Waals surface area contributed by atoms with Crippen molar-refractivity contribution >= 4 is 40.9 Å².